The third-order valence-electron chi connectivity index (χ3n) is 5.03. The first-order valence-electron chi connectivity index (χ1n) is 9.62. The molecule has 0 aliphatic carbocycles. The Labute approximate surface area is 190 Å². The van der Waals surface area contributed by atoms with Gasteiger partial charge in [-0.2, -0.15) is 0 Å². The summed E-state index contributed by atoms with van der Waals surface area (Å²) < 4.78 is 6.34. The summed E-state index contributed by atoms with van der Waals surface area (Å²) in [4.78, 5) is 10.2. The molecule has 30 heavy (non-hydrogen) atoms. The second-order valence-corrected chi connectivity index (χ2v) is 9.02. The molecule has 8 heteroatoms. The minimum Gasteiger partial charge on any atom is -0.495 e. The molecule has 1 aromatic carbocycles. The molecule has 0 amide bonds. The number of hydrogen-bond donors (Lipinski definition) is 1. The van der Waals surface area contributed by atoms with E-state index in [4.69, 9.17) is 27.9 Å². The van der Waals surface area contributed by atoms with Crippen LogP contribution in [0.15, 0.2) is 30.5 Å². The van der Waals surface area contributed by atoms with E-state index in [1.807, 2.05) is 12.1 Å². The molecule has 3 aromatic rings. The molecule has 0 saturated carbocycles. The summed E-state index contributed by atoms with van der Waals surface area (Å²) >= 11 is 14.1. The Hall–Kier alpha value is -2.01. The second kappa shape index (κ2) is 9.42. The predicted octanol–water partition coefficient (Wildman–Crippen LogP) is 4.95. The number of fused-ring (bicyclic) bond motifs is 1. The highest BCUT2D eigenvalue weighted by Gasteiger charge is 2.13. The first kappa shape index (κ1) is 21.2. The fourth-order valence-electron chi connectivity index (χ4n) is 3.27. The zero-order chi connectivity index (χ0) is 21.1. The highest BCUT2D eigenvalue weighted by atomic mass is 35.5. The van der Waals surface area contributed by atoms with Crippen LogP contribution in [0.4, 0.5) is 11.4 Å². The van der Waals surface area contributed by atoms with Gasteiger partial charge in [-0.1, -0.05) is 35.0 Å². The molecule has 1 N–H and O–H groups in total. The van der Waals surface area contributed by atoms with E-state index in [9.17, 15) is 0 Å². The molecule has 4 rings (SSSR count). The quantitative estimate of drug-likeness (QED) is 0.557. The number of methoxy groups -OCH3 is 1. The topological polar surface area (TPSA) is 40.6 Å². The van der Waals surface area contributed by atoms with Crippen LogP contribution in [-0.2, 0) is 0 Å². The monoisotopic (exact) mass is 460 g/mol. The molecule has 0 bridgehead atoms. The zero-order valence-corrected chi connectivity index (χ0v) is 19.2. The molecule has 1 saturated heterocycles. The average Bonchev–Trinajstić information content (AvgIpc) is 3.15. The van der Waals surface area contributed by atoms with Gasteiger partial charge in [0.15, 0.2) is 0 Å². The molecule has 1 aliphatic rings. The lowest BCUT2D eigenvalue weighted by Crippen LogP contribution is -2.44. The normalized spacial score (nSPS) is 15.1. The Balaban J connectivity index is 1.54. The van der Waals surface area contributed by atoms with E-state index >= 15 is 0 Å². The van der Waals surface area contributed by atoms with Crippen LogP contribution >= 0.6 is 34.5 Å². The number of thiophene rings is 1. The third kappa shape index (κ3) is 4.83. The van der Waals surface area contributed by atoms with E-state index in [1.54, 1.807) is 36.8 Å². The molecule has 0 radical (unpaired) electrons. The number of piperazine rings is 1. The molecule has 0 unspecified atom stereocenters. The average molecular weight is 461 g/mol. The maximum atomic E-state index is 6.37. The van der Waals surface area contributed by atoms with Crippen molar-refractivity contribution in [1.82, 2.24) is 14.8 Å². The van der Waals surface area contributed by atoms with Gasteiger partial charge in [-0.25, -0.2) is 0 Å². The first-order chi connectivity index (χ1) is 14.5. The number of nitrogens with zero attached hydrogens (tertiary/aromatic N) is 3. The standard InChI is InChI=1S/C22H22Cl2N4OS/c1-27-8-10-28(11-9-27)7-3-4-15-12-20-22(30-15)18(5-6-25-20)26-19-14-21(29-2)17(24)13-16(19)23/h5-6,12-14H,7-11H2,1-2H3,(H,25,26). The van der Waals surface area contributed by atoms with Crippen LogP contribution in [0.5, 0.6) is 5.75 Å². The van der Waals surface area contributed by atoms with Gasteiger partial charge in [-0.15, -0.1) is 11.3 Å². The molecule has 0 atom stereocenters. The van der Waals surface area contributed by atoms with Crippen molar-refractivity contribution in [2.75, 3.05) is 52.2 Å². The number of likely N-dealkylation sites (N-methyl/N-ethyl adjacent to an activating group) is 1. The van der Waals surface area contributed by atoms with Crippen molar-refractivity contribution in [2.45, 2.75) is 0 Å². The zero-order valence-electron chi connectivity index (χ0n) is 16.8. The Kier molecular flexibility index (Phi) is 6.67. The maximum Gasteiger partial charge on any atom is 0.139 e. The number of hydrogen-bond acceptors (Lipinski definition) is 6. The van der Waals surface area contributed by atoms with Crippen LogP contribution in [0.2, 0.25) is 10.0 Å². The SMILES string of the molecule is COc1cc(Nc2ccnc3cc(C#CCN4CCN(C)CC4)sc23)c(Cl)cc1Cl. The van der Waals surface area contributed by atoms with Crippen molar-refractivity contribution in [3.05, 3.63) is 45.4 Å². The Morgan fingerprint density at radius 3 is 2.70 bits per heavy atom. The van der Waals surface area contributed by atoms with Crippen LogP contribution in [0.3, 0.4) is 0 Å². The van der Waals surface area contributed by atoms with Gasteiger partial charge in [0, 0.05) is 38.4 Å². The van der Waals surface area contributed by atoms with E-state index < -0.39 is 0 Å². The number of ether oxygens (including phenoxy) is 1. The van der Waals surface area contributed by atoms with Gasteiger partial charge in [0.2, 0.25) is 0 Å². The second-order valence-electron chi connectivity index (χ2n) is 7.16. The van der Waals surface area contributed by atoms with E-state index in [0.29, 0.717) is 15.8 Å². The fourth-order valence-corrected chi connectivity index (χ4v) is 4.74. The largest absolute Gasteiger partial charge is 0.495 e. The Bertz CT molecular complexity index is 1110. The summed E-state index contributed by atoms with van der Waals surface area (Å²) in [6.07, 6.45) is 1.78. The molecule has 1 aliphatic heterocycles. The first-order valence-corrected chi connectivity index (χ1v) is 11.2. The summed E-state index contributed by atoms with van der Waals surface area (Å²) in [5.41, 5.74) is 2.55. The van der Waals surface area contributed by atoms with Crippen molar-refractivity contribution in [3.8, 4) is 17.6 Å². The van der Waals surface area contributed by atoms with Gasteiger partial charge >= 0.3 is 0 Å². The van der Waals surface area contributed by atoms with Crippen molar-refractivity contribution in [3.63, 3.8) is 0 Å². The number of aromatic nitrogens is 1. The summed E-state index contributed by atoms with van der Waals surface area (Å²) in [7, 11) is 3.74. The molecule has 0 spiro atoms. The molecule has 3 heterocycles. The summed E-state index contributed by atoms with van der Waals surface area (Å²) in [5.74, 6) is 7.18. The number of benzene rings is 1. The molecule has 5 nitrogen and oxygen atoms in total. The summed E-state index contributed by atoms with van der Waals surface area (Å²) in [6.45, 7) is 5.13. The summed E-state index contributed by atoms with van der Waals surface area (Å²) in [5, 5.41) is 4.38. The van der Waals surface area contributed by atoms with Crippen LogP contribution in [0.25, 0.3) is 10.2 Å². The molecule has 1 fully saturated rings. The Morgan fingerprint density at radius 1 is 1.13 bits per heavy atom. The highest BCUT2D eigenvalue weighted by Crippen LogP contribution is 2.38. The lowest BCUT2D eigenvalue weighted by Gasteiger charge is -2.30. The van der Waals surface area contributed by atoms with E-state index in [0.717, 1.165) is 59.2 Å². The van der Waals surface area contributed by atoms with Crippen molar-refractivity contribution < 1.29 is 4.74 Å². The maximum absolute atomic E-state index is 6.37. The van der Waals surface area contributed by atoms with E-state index in [-0.39, 0.29) is 0 Å². The van der Waals surface area contributed by atoms with Gasteiger partial charge in [0.25, 0.3) is 0 Å². The number of halogens is 2. The third-order valence-corrected chi connectivity index (χ3v) is 6.71. The lowest BCUT2D eigenvalue weighted by molar-refractivity contribution is 0.168. The van der Waals surface area contributed by atoms with E-state index in [2.05, 4.69) is 39.0 Å². The van der Waals surface area contributed by atoms with Gasteiger partial charge in [0.1, 0.15) is 5.75 Å². The molecule has 2 aromatic heterocycles. The highest BCUT2D eigenvalue weighted by molar-refractivity contribution is 7.20. The molecular weight excluding hydrogens is 439 g/mol. The fraction of sp³-hybridized carbons (Fsp3) is 0.318. The lowest BCUT2D eigenvalue weighted by atomic mass is 10.2. The number of rotatable bonds is 4. The predicted molar refractivity (Wildman–Crippen MR) is 127 cm³/mol. The smallest absolute Gasteiger partial charge is 0.139 e. The number of nitrogens with one attached hydrogen (secondary N) is 1. The minimum atomic E-state index is 0.474. The van der Waals surface area contributed by atoms with Gasteiger partial charge in [-0.3, -0.25) is 9.88 Å². The number of anilines is 2. The van der Waals surface area contributed by atoms with Gasteiger partial charge in [0.05, 0.1) is 50.2 Å². The van der Waals surface area contributed by atoms with Crippen molar-refractivity contribution in [1.29, 1.82) is 0 Å². The van der Waals surface area contributed by atoms with Crippen molar-refractivity contribution >= 4 is 56.1 Å². The Morgan fingerprint density at radius 2 is 1.93 bits per heavy atom. The number of pyridine rings is 1. The van der Waals surface area contributed by atoms with Crippen LogP contribution in [0, 0.1) is 11.8 Å². The van der Waals surface area contributed by atoms with Crippen LogP contribution in [0.1, 0.15) is 4.88 Å². The summed E-state index contributed by atoms with van der Waals surface area (Å²) in [6, 6.07) is 7.43. The van der Waals surface area contributed by atoms with E-state index in [1.165, 1.54) is 0 Å². The van der Waals surface area contributed by atoms with Crippen LogP contribution < -0.4 is 10.1 Å². The van der Waals surface area contributed by atoms with Gasteiger partial charge in [-0.05, 0) is 25.2 Å². The van der Waals surface area contributed by atoms with Crippen LogP contribution in [-0.4, -0.2) is 61.7 Å². The molecular formula is C22H22Cl2N4OS. The minimum absolute atomic E-state index is 0.474. The van der Waals surface area contributed by atoms with Gasteiger partial charge < -0.3 is 15.0 Å². The van der Waals surface area contributed by atoms with Crippen molar-refractivity contribution in [2.24, 2.45) is 0 Å². The molecule has 156 valence electrons.